The molecule has 128 valence electrons. The number of amides is 1. The highest BCUT2D eigenvalue weighted by Gasteiger charge is 2.18. The predicted octanol–water partition coefficient (Wildman–Crippen LogP) is -0.179. The van der Waals surface area contributed by atoms with Gasteiger partial charge < -0.3 is 15.0 Å². The number of hydrogen-bond acceptors (Lipinski definition) is 6. The summed E-state index contributed by atoms with van der Waals surface area (Å²) in [6.45, 7) is 3.49. The van der Waals surface area contributed by atoms with Gasteiger partial charge in [-0.15, -0.1) is 5.10 Å². The lowest BCUT2D eigenvalue weighted by Crippen LogP contribution is -2.27. The molecule has 0 bridgehead atoms. The smallest absolute Gasteiger partial charge is 0.273 e. The number of carbonyl (C=O) groups is 1. The van der Waals surface area contributed by atoms with Crippen molar-refractivity contribution in [1.29, 1.82) is 0 Å². The molecule has 24 heavy (non-hydrogen) atoms. The van der Waals surface area contributed by atoms with Crippen molar-refractivity contribution in [3.05, 3.63) is 39.8 Å². The van der Waals surface area contributed by atoms with Crippen LogP contribution < -0.4 is 10.9 Å². The van der Waals surface area contributed by atoms with E-state index in [4.69, 9.17) is 4.74 Å². The summed E-state index contributed by atoms with van der Waals surface area (Å²) in [6, 6.07) is 1.43. The normalized spacial score (nSPS) is 17.1. The summed E-state index contributed by atoms with van der Waals surface area (Å²) in [5, 5.41) is 10.6. The third-order valence-corrected chi connectivity index (χ3v) is 3.75. The molecule has 2 aromatic heterocycles. The first kappa shape index (κ1) is 16.3. The second-order valence-electron chi connectivity index (χ2n) is 5.80. The molecule has 3 heterocycles. The van der Waals surface area contributed by atoms with E-state index < -0.39 is 0 Å². The van der Waals surface area contributed by atoms with Crippen molar-refractivity contribution < 1.29 is 9.53 Å². The Morgan fingerprint density at radius 3 is 3.17 bits per heavy atom. The number of hydrogen-bond donors (Lipinski definition) is 2. The first-order valence-corrected chi connectivity index (χ1v) is 7.97. The first-order chi connectivity index (χ1) is 11.6. The van der Waals surface area contributed by atoms with E-state index in [1.165, 1.54) is 6.07 Å². The van der Waals surface area contributed by atoms with Gasteiger partial charge >= 0.3 is 0 Å². The van der Waals surface area contributed by atoms with E-state index in [1.54, 1.807) is 17.8 Å². The topological polar surface area (TPSA) is 115 Å². The molecule has 0 aromatic carbocycles. The zero-order valence-electron chi connectivity index (χ0n) is 13.5. The molecule has 9 nitrogen and oxygen atoms in total. The Balaban J connectivity index is 1.49. The van der Waals surface area contributed by atoms with Crippen molar-refractivity contribution in [3.63, 3.8) is 0 Å². The molecule has 1 aliphatic rings. The van der Waals surface area contributed by atoms with Crippen LogP contribution in [0, 0.1) is 6.92 Å². The fraction of sp³-hybridized carbons (Fsp3) is 0.533. The maximum Gasteiger partial charge on any atom is 0.273 e. The highest BCUT2D eigenvalue weighted by atomic mass is 16.5. The monoisotopic (exact) mass is 332 g/mol. The Hall–Kier alpha value is -2.55. The van der Waals surface area contributed by atoms with Gasteiger partial charge in [0.1, 0.15) is 5.82 Å². The highest BCUT2D eigenvalue weighted by molar-refractivity contribution is 5.91. The van der Waals surface area contributed by atoms with E-state index in [9.17, 15) is 9.59 Å². The van der Waals surface area contributed by atoms with Gasteiger partial charge in [0, 0.05) is 31.3 Å². The molecule has 1 saturated heterocycles. The predicted molar refractivity (Wildman–Crippen MR) is 84.6 cm³/mol. The van der Waals surface area contributed by atoms with Gasteiger partial charge in [0.15, 0.2) is 5.69 Å². The summed E-state index contributed by atoms with van der Waals surface area (Å²) in [7, 11) is 0. The lowest BCUT2D eigenvalue weighted by molar-refractivity contribution is 0.0930. The number of aromatic amines is 1. The zero-order chi connectivity index (χ0) is 16.9. The molecule has 1 amide bonds. The number of rotatable bonds is 6. The summed E-state index contributed by atoms with van der Waals surface area (Å²) < 4.78 is 7.16. The van der Waals surface area contributed by atoms with Crippen molar-refractivity contribution in [1.82, 2.24) is 30.3 Å². The molecule has 0 spiro atoms. The van der Waals surface area contributed by atoms with Crippen molar-refractivity contribution >= 4 is 5.91 Å². The second kappa shape index (κ2) is 7.35. The number of carbonyl (C=O) groups excluding carboxylic acids is 1. The van der Waals surface area contributed by atoms with Gasteiger partial charge in [-0.2, -0.15) is 0 Å². The molecule has 0 unspecified atom stereocenters. The molecule has 0 radical (unpaired) electrons. The van der Waals surface area contributed by atoms with Crippen LogP contribution in [0.15, 0.2) is 17.1 Å². The average Bonchev–Trinajstić information content (AvgIpc) is 3.18. The Morgan fingerprint density at radius 2 is 2.42 bits per heavy atom. The molecule has 1 atom stereocenters. The van der Waals surface area contributed by atoms with Crippen molar-refractivity contribution in [2.24, 2.45) is 0 Å². The molecule has 1 fully saturated rings. The number of H-pyrrole nitrogens is 1. The minimum absolute atomic E-state index is 0.145. The molecule has 0 aliphatic carbocycles. The summed E-state index contributed by atoms with van der Waals surface area (Å²) in [5.41, 5.74) is 0.719. The molecule has 0 saturated carbocycles. The van der Waals surface area contributed by atoms with E-state index in [0.717, 1.165) is 19.4 Å². The van der Waals surface area contributed by atoms with Crippen LogP contribution in [0.25, 0.3) is 0 Å². The largest absolute Gasteiger partial charge is 0.376 e. The summed E-state index contributed by atoms with van der Waals surface area (Å²) in [6.07, 6.45) is 4.26. The van der Waals surface area contributed by atoms with Crippen LogP contribution in [0.5, 0.6) is 0 Å². The maximum atomic E-state index is 12.1. The first-order valence-electron chi connectivity index (χ1n) is 7.97. The third-order valence-electron chi connectivity index (χ3n) is 3.75. The number of nitrogens with zero attached hydrogens (tertiary/aromatic N) is 4. The molecular weight excluding hydrogens is 312 g/mol. The number of ether oxygens (including phenoxy) is 1. The molecule has 9 heteroatoms. The summed E-state index contributed by atoms with van der Waals surface area (Å²) in [4.78, 5) is 30.3. The van der Waals surface area contributed by atoms with E-state index >= 15 is 0 Å². The van der Waals surface area contributed by atoms with Crippen LogP contribution in [0.1, 0.15) is 34.8 Å². The minimum atomic E-state index is -0.302. The number of aryl methyl sites for hydroxylation is 1. The van der Waals surface area contributed by atoms with Gasteiger partial charge in [-0.25, -0.2) is 9.67 Å². The van der Waals surface area contributed by atoms with Crippen LogP contribution in [0.2, 0.25) is 0 Å². The van der Waals surface area contributed by atoms with Gasteiger partial charge in [-0.05, 0) is 19.8 Å². The molecule has 2 aromatic rings. The summed E-state index contributed by atoms with van der Waals surface area (Å²) in [5.74, 6) is 0.242. The average molecular weight is 332 g/mol. The van der Waals surface area contributed by atoms with E-state index in [-0.39, 0.29) is 23.3 Å². The SMILES string of the molecule is Cc1cc(=O)[nH]c(CCNC(=O)c2cn(C[C@H]3CCCO3)nn2)n1. The Kier molecular flexibility index (Phi) is 4.99. The second-order valence-corrected chi connectivity index (χ2v) is 5.80. The van der Waals surface area contributed by atoms with E-state index in [0.29, 0.717) is 31.0 Å². The van der Waals surface area contributed by atoms with Crippen LogP contribution in [-0.2, 0) is 17.7 Å². The molecule has 1 aliphatic heterocycles. The Labute approximate surface area is 138 Å². The summed E-state index contributed by atoms with van der Waals surface area (Å²) >= 11 is 0. The van der Waals surface area contributed by atoms with E-state index in [2.05, 4.69) is 25.6 Å². The number of nitrogens with one attached hydrogen (secondary N) is 2. The minimum Gasteiger partial charge on any atom is -0.376 e. The quantitative estimate of drug-likeness (QED) is 0.758. The third kappa shape index (κ3) is 4.25. The van der Waals surface area contributed by atoms with Gasteiger partial charge in [-0.3, -0.25) is 9.59 Å². The van der Waals surface area contributed by atoms with Gasteiger partial charge in [0.05, 0.1) is 18.8 Å². The van der Waals surface area contributed by atoms with Crippen LogP contribution in [0.4, 0.5) is 0 Å². The van der Waals surface area contributed by atoms with Gasteiger partial charge in [0.25, 0.3) is 11.5 Å². The lowest BCUT2D eigenvalue weighted by Gasteiger charge is -2.07. The highest BCUT2D eigenvalue weighted by Crippen LogP contribution is 2.13. The van der Waals surface area contributed by atoms with Crippen LogP contribution in [-0.4, -0.2) is 50.1 Å². The Morgan fingerprint density at radius 1 is 1.54 bits per heavy atom. The fourth-order valence-electron chi connectivity index (χ4n) is 2.63. The van der Waals surface area contributed by atoms with Gasteiger partial charge in [0.2, 0.25) is 0 Å². The van der Waals surface area contributed by atoms with E-state index in [1.807, 2.05) is 0 Å². The fourth-order valence-corrected chi connectivity index (χ4v) is 2.63. The van der Waals surface area contributed by atoms with Crippen molar-refractivity contribution in [3.8, 4) is 0 Å². The standard InChI is InChI=1S/C15H20N6O3/c1-10-7-14(22)18-13(17-10)4-5-16-15(23)12-9-21(20-19-12)8-11-3-2-6-24-11/h7,9,11H,2-6,8H2,1H3,(H,16,23)(H,17,18,22)/t11-/m1/s1. The van der Waals surface area contributed by atoms with Crippen LogP contribution in [0.3, 0.4) is 0 Å². The number of aromatic nitrogens is 5. The zero-order valence-corrected chi connectivity index (χ0v) is 13.5. The Bertz CT molecular complexity index is 763. The van der Waals surface area contributed by atoms with Crippen molar-refractivity contribution in [2.45, 2.75) is 38.8 Å². The van der Waals surface area contributed by atoms with Crippen molar-refractivity contribution in [2.75, 3.05) is 13.2 Å². The molecular formula is C15H20N6O3. The van der Waals surface area contributed by atoms with Crippen LogP contribution >= 0.6 is 0 Å². The maximum absolute atomic E-state index is 12.1. The molecule has 3 rings (SSSR count). The van der Waals surface area contributed by atoms with Gasteiger partial charge in [-0.1, -0.05) is 5.21 Å². The molecule has 2 N–H and O–H groups in total. The lowest BCUT2D eigenvalue weighted by atomic mass is 10.2.